The molecule has 82 valence electrons. The molecule has 1 aliphatic rings. The first-order chi connectivity index (χ1) is 7.22. The van der Waals surface area contributed by atoms with Gasteiger partial charge in [0.05, 0.1) is 24.2 Å². The zero-order valence-electron chi connectivity index (χ0n) is 8.65. The van der Waals surface area contributed by atoms with E-state index in [9.17, 15) is 0 Å². The normalized spacial score (nSPS) is 35.5. The lowest BCUT2D eigenvalue weighted by Gasteiger charge is -2.35. The van der Waals surface area contributed by atoms with E-state index in [4.69, 9.17) is 21.2 Å². The number of terminal acetylenes is 1. The summed E-state index contributed by atoms with van der Waals surface area (Å²) in [4.78, 5) is 0.134. The first-order valence-corrected chi connectivity index (χ1v) is 5.76. The highest BCUT2D eigenvalue weighted by molar-refractivity contribution is 9.09. The predicted octanol–water partition coefficient (Wildman–Crippen LogP) is 1.72. The lowest BCUT2D eigenvalue weighted by Crippen LogP contribution is -2.44. The number of hydrogen-bond donors (Lipinski definition) is 0. The van der Waals surface area contributed by atoms with Gasteiger partial charge in [0, 0.05) is 11.9 Å². The van der Waals surface area contributed by atoms with Crippen LogP contribution in [0.3, 0.4) is 0 Å². The zero-order valence-corrected chi connectivity index (χ0v) is 10.2. The molecule has 0 aromatic rings. The van der Waals surface area contributed by atoms with Crippen LogP contribution in [0, 0.1) is 29.6 Å². The van der Waals surface area contributed by atoms with E-state index in [1.165, 1.54) is 0 Å². The average molecular weight is 272 g/mol. The summed E-state index contributed by atoms with van der Waals surface area (Å²) in [5.41, 5.74) is 0. The summed E-state index contributed by atoms with van der Waals surface area (Å²) in [6.07, 6.45) is 6.53. The Morgan fingerprint density at radius 2 is 2.27 bits per heavy atom. The van der Waals surface area contributed by atoms with Gasteiger partial charge in [-0.15, -0.1) is 6.42 Å². The minimum Gasteiger partial charge on any atom is -0.379 e. The molecule has 1 saturated carbocycles. The second kappa shape index (κ2) is 6.12. The molecule has 0 N–H and O–H groups in total. The molecule has 4 atom stereocenters. The molecule has 0 aromatic carbocycles. The molecule has 0 heterocycles. The number of rotatable bonds is 3. The van der Waals surface area contributed by atoms with E-state index in [1.807, 2.05) is 0 Å². The van der Waals surface area contributed by atoms with E-state index >= 15 is 0 Å². The Kier molecular flexibility index (Phi) is 5.11. The fourth-order valence-corrected chi connectivity index (χ4v) is 2.79. The highest BCUT2D eigenvalue weighted by atomic mass is 79.9. The minimum atomic E-state index is -0.0596. The summed E-state index contributed by atoms with van der Waals surface area (Å²) < 4.78 is 10.9. The van der Waals surface area contributed by atoms with Crippen molar-refractivity contribution in [2.75, 3.05) is 13.7 Å². The number of alkyl halides is 1. The van der Waals surface area contributed by atoms with Gasteiger partial charge in [0.15, 0.2) is 0 Å². The fourth-order valence-electron chi connectivity index (χ4n) is 1.84. The Bertz CT molecular complexity index is 281. The van der Waals surface area contributed by atoms with Gasteiger partial charge in [0.25, 0.3) is 0 Å². The Balaban J connectivity index is 2.61. The molecule has 4 unspecified atom stereocenters. The summed E-state index contributed by atoms with van der Waals surface area (Å²) in [6, 6.07) is 2.27. The van der Waals surface area contributed by atoms with Crippen LogP contribution >= 0.6 is 15.9 Å². The standard InChI is InChI=1S/C11H14BrNO2/c1-3-4-15-11-9(12)5-8(7-13)6-10(11)14-2/h1,8-11H,4-6H2,2H3. The topological polar surface area (TPSA) is 42.2 Å². The third kappa shape index (κ3) is 3.21. The van der Waals surface area contributed by atoms with Crippen LogP contribution in [0.5, 0.6) is 0 Å². The molecule has 4 heteroatoms. The van der Waals surface area contributed by atoms with Crippen molar-refractivity contribution in [2.24, 2.45) is 5.92 Å². The quantitative estimate of drug-likeness (QED) is 0.580. The highest BCUT2D eigenvalue weighted by Gasteiger charge is 2.37. The Morgan fingerprint density at radius 1 is 1.53 bits per heavy atom. The van der Waals surface area contributed by atoms with Crippen molar-refractivity contribution in [3.8, 4) is 18.4 Å². The number of nitrogens with zero attached hydrogens (tertiary/aromatic N) is 1. The maximum Gasteiger partial charge on any atom is 0.108 e. The summed E-state index contributed by atoms with van der Waals surface area (Å²) in [6.45, 7) is 0.282. The van der Waals surface area contributed by atoms with Gasteiger partial charge in [-0.2, -0.15) is 5.26 Å². The molecule has 0 spiro atoms. The van der Waals surface area contributed by atoms with E-state index in [-0.39, 0.29) is 29.6 Å². The van der Waals surface area contributed by atoms with Gasteiger partial charge in [-0.1, -0.05) is 21.9 Å². The van der Waals surface area contributed by atoms with Crippen molar-refractivity contribution in [1.82, 2.24) is 0 Å². The van der Waals surface area contributed by atoms with Crippen molar-refractivity contribution < 1.29 is 9.47 Å². The van der Waals surface area contributed by atoms with Crippen molar-refractivity contribution in [3.05, 3.63) is 0 Å². The highest BCUT2D eigenvalue weighted by Crippen LogP contribution is 2.32. The number of methoxy groups -OCH3 is 1. The van der Waals surface area contributed by atoms with Crippen molar-refractivity contribution in [3.63, 3.8) is 0 Å². The van der Waals surface area contributed by atoms with E-state index in [1.54, 1.807) is 7.11 Å². The van der Waals surface area contributed by atoms with Gasteiger partial charge in [0.1, 0.15) is 6.61 Å². The number of nitriles is 1. The van der Waals surface area contributed by atoms with Gasteiger partial charge in [-0.3, -0.25) is 0 Å². The van der Waals surface area contributed by atoms with Crippen LogP contribution in [0.15, 0.2) is 0 Å². The van der Waals surface area contributed by atoms with E-state index in [2.05, 4.69) is 27.9 Å². The molecule has 0 amide bonds. The fraction of sp³-hybridized carbons (Fsp3) is 0.727. The number of hydrogen-bond acceptors (Lipinski definition) is 3. The van der Waals surface area contributed by atoms with Crippen LogP contribution in [0.1, 0.15) is 12.8 Å². The van der Waals surface area contributed by atoms with E-state index in [0.29, 0.717) is 6.42 Å². The minimum absolute atomic E-state index is 0.0324. The van der Waals surface area contributed by atoms with Gasteiger partial charge < -0.3 is 9.47 Å². The van der Waals surface area contributed by atoms with Gasteiger partial charge in [0.2, 0.25) is 0 Å². The van der Waals surface area contributed by atoms with Crippen LogP contribution in [0.25, 0.3) is 0 Å². The smallest absolute Gasteiger partial charge is 0.108 e. The molecule has 0 aromatic heterocycles. The van der Waals surface area contributed by atoms with Crippen molar-refractivity contribution in [1.29, 1.82) is 5.26 Å². The second-order valence-corrected chi connectivity index (χ2v) is 4.74. The first kappa shape index (κ1) is 12.5. The monoisotopic (exact) mass is 271 g/mol. The summed E-state index contributed by atoms with van der Waals surface area (Å²) in [5, 5.41) is 8.88. The van der Waals surface area contributed by atoms with Crippen LogP contribution in [-0.2, 0) is 9.47 Å². The molecule has 0 aliphatic heterocycles. The molecule has 1 fully saturated rings. The second-order valence-electron chi connectivity index (χ2n) is 3.57. The van der Waals surface area contributed by atoms with Gasteiger partial charge in [-0.05, 0) is 12.8 Å². The number of halogens is 1. The Labute approximate surface area is 98.9 Å². The SMILES string of the molecule is C#CCOC1C(Br)CC(C#N)CC1OC. The molecular weight excluding hydrogens is 258 g/mol. The molecule has 0 radical (unpaired) electrons. The largest absolute Gasteiger partial charge is 0.379 e. The lowest BCUT2D eigenvalue weighted by molar-refractivity contribution is -0.0690. The maximum absolute atomic E-state index is 8.88. The van der Waals surface area contributed by atoms with E-state index in [0.717, 1.165) is 6.42 Å². The molecule has 0 bridgehead atoms. The van der Waals surface area contributed by atoms with Crippen molar-refractivity contribution >= 4 is 15.9 Å². The Morgan fingerprint density at radius 3 is 2.80 bits per heavy atom. The first-order valence-electron chi connectivity index (χ1n) is 4.84. The summed E-state index contributed by atoms with van der Waals surface area (Å²) in [7, 11) is 1.64. The zero-order chi connectivity index (χ0) is 11.3. The predicted molar refractivity (Wildman–Crippen MR) is 60.4 cm³/mol. The van der Waals surface area contributed by atoms with Crippen LogP contribution < -0.4 is 0 Å². The van der Waals surface area contributed by atoms with Crippen LogP contribution in [-0.4, -0.2) is 30.8 Å². The van der Waals surface area contributed by atoms with Crippen molar-refractivity contribution in [2.45, 2.75) is 29.9 Å². The molecule has 15 heavy (non-hydrogen) atoms. The number of ether oxygens (including phenoxy) is 2. The Hall–Kier alpha value is -0.550. The lowest BCUT2D eigenvalue weighted by atomic mass is 9.86. The average Bonchev–Trinajstić information content (AvgIpc) is 2.26. The summed E-state index contributed by atoms with van der Waals surface area (Å²) >= 11 is 3.52. The third-order valence-electron chi connectivity index (χ3n) is 2.59. The van der Waals surface area contributed by atoms with Gasteiger partial charge >= 0.3 is 0 Å². The summed E-state index contributed by atoms with van der Waals surface area (Å²) in [5.74, 6) is 2.47. The van der Waals surface area contributed by atoms with Gasteiger partial charge in [-0.25, -0.2) is 0 Å². The molecule has 1 aliphatic carbocycles. The molecule has 0 saturated heterocycles. The van der Waals surface area contributed by atoms with Crippen LogP contribution in [0.2, 0.25) is 0 Å². The maximum atomic E-state index is 8.88. The third-order valence-corrected chi connectivity index (χ3v) is 3.49. The van der Waals surface area contributed by atoms with E-state index < -0.39 is 0 Å². The van der Waals surface area contributed by atoms with Crippen LogP contribution in [0.4, 0.5) is 0 Å². The molecular formula is C11H14BrNO2. The molecule has 3 nitrogen and oxygen atoms in total. The molecule has 1 rings (SSSR count).